The number of fused-ring (bicyclic) bond motifs is 2. The van der Waals surface area contributed by atoms with E-state index in [0.29, 0.717) is 17.4 Å². The molecule has 0 unspecified atom stereocenters. The summed E-state index contributed by atoms with van der Waals surface area (Å²) in [4.78, 5) is 16.0. The van der Waals surface area contributed by atoms with Crippen LogP contribution < -0.4 is 11.2 Å². The Kier molecular flexibility index (Phi) is 3.43. The first-order chi connectivity index (χ1) is 11.7. The second-order valence-corrected chi connectivity index (χ2v) is 6.06. The number of aryl methyl sites for hydroxylation is 1. The Morgan fingerprint density at radius 3 is 2.50 bits per heavy atom. The van der Waals surface area contributed by atoms with Crippen molar-refractivity contribution >= 4 is 21.9 Å². The lowest BCUT2D eigenvalue weighted by atomic mass is 10.0. The number of hydrogen-bond acceptors (Lipinski definition) is 3. The molecule has 0 aliphatic rings. The summed E-state index contributed by atoms with van der Waals surface area (Å²) in [6.07, 6.45) is 2.47. The third-order valence-electron chi connectivity index (χ3n) is 4.42. The van der Waals surface area contributed by atoms with Crippen molar-refractivity contribution in [1.82, 2.24) is 14.8 Å². The summed E-state index contributed by atoms with van der Waals surface area (Å²) in [5.41, 5.74) is 11.3. The zero-order valence-electron chi connectivity index (χ0n) is 13.4. The van der Waals surface area contributed by atoms with Gasteiger partial charge in [-0.05, 0) is 35.2 Å². The van der Waals surface area contributed by atoms with Crippen LogP contribution in [-0.4, -0.2) is 14.8 Å². The number of nitrogens with zero attached hydrogens (tertiary/aromatic N) is 2. The number of hydrogen-bond donors (Lipinski definition) is 2. The Balaban J connectivity index is 1.79. The molecule has 0 atom stereocenters. The molecule has 5 heteroatoms. The van der Waals surface area contributed by atoms with Crippen LogP contribution in [0.15, 0.2) is 53.5 Å². The van der Waals surface area contributed by atoms with Crippen LogP contribution in [0, 0.1) is 0 Å². The second-order valence-electron chi connectivity index (χ2n) is 6.06. The van der Waals surface area contributed by atoms with Gasteiger partial charge in [-0.1, -0.05) is 30.3 Å². The molecule has 0 saturated carbocycles. The molecule has 4 rings (SSSR count). The standard InChI is InChI=1S/C19H18N4O/c1-23-18-17(11-21-23)22-16-7-6-14(9-15(16)19(18)24)8-12-2-4-13(10-20)5-3-12/h2-7,9,11H,8,10,20H2,1H3,(H,22,24). The minimum Gasteiger partial charge on any atom is -0.352 e. The van der Waals surface area contributed by atoms with Gasteiger partial charge in [0.2, 0.25) is 5.43 Å². The number of nitrogens with two attached hydrogens (primary N) is 1. The van der Waals surface area contributed by atoms with Gasteiger partial charge in [0.05, 0.1) is 11.7 Å². The van der Waals surface area contributed by atoms with Crippen LogP contribution in [-0.2, 0) is 20.0 Å². The monoisotopic (exact) mass is 318 g/mol. The van der Waals surface area contributed by atoms with Crippen molar-refractivity contribution in [2.45, 2.75) is 13.0 Å². The highest BCUT2D eigenvalue weighted by molar-refractivity contribution is 5.90. The van der Waals surface area contributed by atoms with E-state index in [2.05, 4.69) is 28.3 Å². The number of nitrogens with one attached hydrogen (secondary N) is 1. The van der Waals surface area contributed by atoms with E-state index in [0.717, 1.165) is 28.6 Å². The second kappa shape index (κ2) is 5.62. The van der Waals surface area contributed by atoms with E-state index in [1.54, 1.807) is 17.9 Å². The topological polar surface area (TPSA) is 76.7 Å². The summed E-state index contributed by atoms with van der Waals surface area (Å²) >= 11 is 0. The summed E-state index contributed by atoms with van der Waals surface area (Å²) in [7, 11) is 1.78. The zero-order valence-corrected chi connectivity index (χ0v) is 13.4. The van der Waals surface area contributed by atoms with Crippen LogP contribution in [0.2, 0.25) is 0 Å². The molecule has 4 aromatic rings. The fourth-order valence-electron chi connectivity index (χ4n) is 3.10. The van der Waals surface area contributed by atoms with Gasteiger partial charge in [0.15, 0.2) is 0 Å². The predicted molar refractivity (Wildman–Crippen MR) is 96.0 cm³/mol. The van der Waals surface area contributed by atoms with Crippen LogP contribution in [0.1, 0.15) is 16.7 Å². The molecule has 5 nitrogen and oxygen atoms in total. The van der Waals surface area contributed by atoms with E-state index in [1.807, 2.05) is 24.3 Å². The fourth-order valence-corrected chi connectivity index (χ4v) is 3.10. The van der Waals surface area contributed by atoms with Gasteiger partial charge in [-0.15, -0.1) is 0 Å². The Bertz CT molecular complexity index is 1090. The maximum absolute atomic E-state index is 12.8. The third-order valence-corrected chi connectivity index (χ3v) is 4.42. The van der Waals surface area contributed by atoms with Gasteiger partial charge in [-0.25, -0.2) is 0 Å². The molecule has 0 fully saturated rings. The van der Waals surface area contributed by atoms with Crippen molar-refractivity contribution in [3.63, 3.8) is 0 Å². The van der Waals surface area contributed by atoms with Gasteiger partial charge in [0, 0.05) is 24.5 Å². The van der Waals surface area contributed by atoms with E-state index >= 15 is 0 Å². The molecule has 0 bridgehead atoms. The molecule has 0 amide bonds. The van der Waals surface area contributed by atoms with Crippen LogP contribution in [0.4, 0.5) is 0 Å². The molecule has 2 heterocycles. The fraction of sp³-hybridized carbons (Fsp3) is 0.158. The van der Waals surface area contributed by atoms with Gasteiger partial charge in [0.25, 0.3) is 0 Å². The van der Waals surface area contributed by atoms with Crippen molar-refractivity contribution in [3.05, 3.63) is 75.6 Å². The van der Waals surface area contributed by atoms with E-state index in [4.69, 9.17) is 5.73 Å². The molecule has 0 aliphatic heterocycles. The van der Waals surface area contributed by atoms with Crippen molar-refractivity contribution in [2.24, 2.45) is 12.8 Å². The highest BCUT2D eigenvalue weighted by Gasteiger charge is 2.10. The number of aromatic amines is 1. The van der Waals surface area contributed by atoms with Crippen LogP contribution in [0.5, 0.6) is 0 Å². The molecule has 0 saturated heterocycles. The lowest BCUT2D eigenvalue weighted by molar-refractivity contribution is 0.795. The molecule has 0 radical (unpaired) electrons. The highest BCUT2D eigenvalue weighted by atomic mass is 16.1. The van der Waals surface area contributed by atoms with Crippen LogP contribution >= 0.6 is 0 Å². The number of H-pyrrole nitrogens is 1. The molecular weight excluding hydrogens is 300 g/mol. The SMILES string of the molecule is Cn1ncc2[nH]c3ccc(Cc4ccc(CN)cc4)cc3c(=O)c21. The molecule has 2 aromatic heterocycles. The molecule has 24 heavy (non-hydrogen) atoms. The van der Waals surface area contributed by atoms with Gasteiger partial charge in [0.1, 0.15) is 5.52 Å². The van der Waals surface area contributed by atoms with Crippen molar-refractivity contribution in [3.8, 4) is 0 Å². The van der Waals surface area contributed by atoms with Crippen molar-refractivity contribution < 1.29 is 0 Å². The maximum Gasteiger partial charge on any atom is 0.215 e. The molecular formula is C19H18N4O. The lowest BCUT2D eigenvalue weighted by Gasteiger charge is -2.06. The summed E-state index contributed by atoms with van der Waals surface area (Å²) in [5.74, 6) is 0. The van der Waals surface area contributed by atoms with Crippen LogP contribution in [0.3, 0.4) is 0 Å². The van der Waals surface area contributed by atoms with E-state index < -0.39 is 0 Å². The number of pyridine rings is 1. The van der Waals surface area contributed by atoms with E-state index in [9.17, 15) is 4.79 Å². The first kappa shape index (κ1) is 14.7. The maximum atomic E-state index is 12.8. The Hall–Kier alpha value is -2.92. The first-order valence-corrected chi connectivity index (χ1v) is 7.90. The molecule has 0 spiro atoms. The van der Waals surface area contributed by atoms with Crippen molar-refractivity contribution in [2.75, 3.05) is 0 Å². The predicted octanol–water partition coefficient (Wildman–Crippen LogP) is 2.46. The van der Waals surface area contributed by atoms with E-state index in [-0.39, 0.29) is 5.43 Å². The summed E-state index contributed by atoms with van der Waals surface area (Å²) in [6, 6.07) is 14.2. The summed E-state index contributed by atoms with van der Waals surface area (Å²) < 4.78 is 1.62. The molecule has 2 aromatic carbocycles. The van der Waals surface area contributed by atoms with Gasteiger partial charge >= 0.3 is 0 Å². The Morgan fingerprint density at radius 1 is 1.04 bits per heavy atom. The molecule has 3 N–H and O–H groups in total. The smallest absolute Gasteiger partial charge is 0.215 e. The largest absolute Gasteiger partial charge is 0.352 e. The quantitative estimate of drug-likeness (QED) is 0.609. The number of rotatable bonds is 3. The Morgan fingerprint density at radius 2 is 1.75 bits per heavy atom. The summed E-state index contributed by atoms with van der Waals surface area (Å²) in [5, 5.41) is 4.86. The lowest BCUT2D eigenvalue weighted by Crippen LogP contribution is -2.08. The highest BCUT2D eigenvalue weighted by Crippen LogP contribution is 2.18. The molecule has 0 aliphatic carbocycles. The molecule has 120 valence electrons. The van der Waals surface area contributed by atoms with Gasteiger partial charge in [-0.2, -0.15) is 5.10 Å². The average molecular weight is 318 g/mol. The Labute approximate surface area is 138 Å². The first-order valence-electron chi connectivity index (χ1n) is 7.90. The normalized spacial score (nSPS) is 11.4. The zero-order chi connectivity index (χ0) is 16.7. The van der Waals surface area contributed by atoms with Crippen molar-refractivity contribution in [1.29, 1.82) is 0 Å². The summed E-state index contributed by atoms with van der Waals surface area (Å²) in [6.45, 7) is 0.548. The minimum absolute atomic E-state index is 0.0130. The minimum atomic E-state index is 0.0130. The van der Waals surface area contributed by atoms with Gasteiger partial charge in [-0.3, -0.25) is 9.48 Å². The third kappa shape index (κ3) is 2.39. The van der Waals surface area contributed by atoms with E-state index in [1.165, 1.54) is 5.56 Å². The van der Waals surface area contributed by atoms with Gasteiger partial charge < -0.3 is 10.7 Å². The number of benzene rings is 2. The average Bonchev–Trinajstić information content (AvgIpc) is 2.97. The number of aromatic nitrogens is 3. The van der Waals surface area contributed by atoms with Crippen LogP contribution in [0.25, 0.3) is 21.9 Å².